The van der Waals surface area contributed by atoms with Crippen LogP contribution in [0.3, 0.4) is 0 Å². The van der Waals surface area contributed by atoms with Gasteiger partial charge in [-0.2, -0.15) is 13.2 Å². The molecule has 5 nitrogen and oxygen atoms in total. The number of thiophene rings is 1. The first-order valence-corrected chi connectivity index (χ1v) is 9.26. The van der Waals surface area contributed by atoms with Crippen LogP contribution in [0.4, 0.5) is 24.5 Å². The molecule has 1 aromatic heterocycles. The molecule has 0 spiro atoms. The van der Waals surface area contributed by atoms with Crippen LogP contribution in [0, 0.1) is 5.92 Å². The van der Waals surface area contributed by atoms with Gasteiger partial charge in [0.2, 0.25) is 11.8 Å². The average Bonchev–Trinajstić information content (AvgIpc) is 3.34. The predicted molar refractivity (Wildman–Crippen MR) is 97.5 cm³/mol. The Bertz CT molecular complexity index is 818. The van der Waals surface area contributed by atoms with Gasteiger partial charge in [-0.3, -0.25) is 9.59 Å². The highest BCUT2D eigenvalue weighted by Gasteiger charge is 2.35. The molecule has 0 bridgehead atoms. The van der Waals surface area contributed by atoms with Crippen molar-refractivity contribution >= 4 is 34.5 Å². The van der Waals surface area contributed by atoms with E-state index in [1.807, 2.05) is 17.5 Å². The standard InChI is InChI=1S/C18H18F3N3O2S/c19-18(20,21)14-8-12(24-17(26)11-3-4-11)5-6-15(14)22-10-16(25)23-9-13-2-1-7-27-13/h1-2,5-8,11,22H,3-4,9-10H2,(H,23,25)(H,24,26). The summed E-state index contributed by atoms with van der Waals surface area (Å²) in [7, 11) is 0. The highest BCUT2D eigenvalue weighted by atomic mass is 32.1. The molecule has 1 fully saturated rings. The molecule has 0 unspecified atom stereocenters. The maximum absolute atomic E-state index is 13.3. The van der Waals surface area contributed by atoms with Crippen LogP contribution in [0.25, 0.3) is 0 Å². The van der Waals surface area contributed by atoms with E-state index < -0.39 is 17.6 Å². The number of carbonyl (C=O) groups is 2. The molecule has 1 heterocycles. The minimum Gasteiger partial charge on any atom is -0.376 e. The molecule has 0 saturated heterocycles. The van der Waals surface area contributed by atoms with Gasteiger partial charge in [0.05, 0.1) is 18.7 Å². The van der Waals surface area contributed by atoms with Crippen LogP contribution in [0.2, 0.25) is 0 Å². The van der Waals surface area contributed by atoms with E-state index in [0.29, 0.717) is 6.54 Å². The Hall–Kier alpha value is -2.55. The van der Waals surface area contributed by atoms with Gasteiger partial charge < -0.3 is 16.0 Å². The Labute approximate surface area is 158 Å². The number of hydrogen-bond acceptors (Lipinski definition) is 4. The van der Waals surface area contributed by atoms with Crippen LogP contribution < -0.4 is 16.0 Å². The van der Waals surface area contributed by atoms with Crippen LogP contribution in [0.15, 0.2) is 35.7 Å². The van der Waals surface area contributed by atoms with Crippen molar-refractivity contribution < 1.29 is 22.8 Å². The van der Waals surface area contributed by atoms with Gasteiger partial charge in [0, 0.05) is 22.2 Å². The second-order valence-corrected chi connectivity index (χ2v) is 7.26. The number of rotatable bonds is 7. The number of halogens is 3. The molecule has 0 aliphatic heterocycles. The monoisotopic (exact) mass is 397 g/mol. The largest absolute Gasteiger partial charge is 0.418 e. The van der Waals surface area contributed by atoms with E-state index in [1.54, 1.807) is 0 Å². The second-order valence-electron chi connectivity index (χ2n) is 6.23. The third kappa shape index (κ3) is 5.46. The third-order valence-corrected chi connectivity index (χ3v) is 4.90. The van der Waals surface area contributed by atoms with Gasteiger partial charge in [-0.05, 0) is 42.5 Å². The summed E-state index contributed by atoms with van der Waals surface area (Å²) in [4.78, 5) is 24.6. The maximum Gasteiger partial charge on any atom is 0.418 e. The molecule has 3 rings (SSSR count). The lowest BCUT2D eigenvalue weighted by molar-refractivity contribution is -0.137. The van der Waals surface area contributed by atoms with Crippen molar-refractivity contribution in [1.29, 1.82) is 0 Å². The van der Waals surface area contributed by atoms with Gasteiger partial charge in [0.25, 0.3) is 0 Å². The fourth-order valence-corrected chi connectivity index (χ4v) is 3.08. The Morgan fingerprint density at radius 2 is 1.96 bits per heavy atom. The second kappa shape index (κ2) is 7.99. The molecule has 1 aromatic carbocycles. The molecule has 0 atom stereocenters. The van der Waals surface area contributed by atoms with E-state index in [-0.39, 0.29) is 29.7 Å². The smallest absolute Gasteiger partial charge is 0.376 e. The lowest BCUT2D eigenvalue weighted by atomic mass is 10.1. The summed E-state index contributed by atoms with van der Waals surface area (Å²) in [5.74, 6) is -0.788. The number of nitrogens with one attached hydrogen (secondary N) is 3. The summed E-state index contributed by atoms with van der Waals surface area (Å²) in [5, 5.41) is 9.54. The molecule has 0 radical (unpaired) electrons. The van der Waals surface area contributed by atoms with E-state index in [2.05, 4.69) is 16.0 Å². The van der Waals surface area contributed by atoms with Gasteiger partial charge in [0.1, 0.15) is 0 Å². The fourth-order valence-electron chi connectivity index (χ4n) is 2.44. The van der Waals surface area contributed by atoms with Crippen LogP contribution in [-0.2, 0) is 22.3 Å². The first-order valence-electron chi connectivity index (χ1n) is 8.38. The lowest BCUT2D eigenvalue weighted by Crippen LogP contribution is -2.29. The van der Waals surface area contributed by atoms with Crippen LogP contribution in [0.1, 0.15) is 23.3 Å². The van der Waals surface area contributed by atoms with Crippen molar-refractivity contribution in [2.75, 3.05) is 17.2 Å². The Morgan fingerprint density at radius 1 is 1.19 bits per heavy atom. The van der Waals surface area contributed by atoms with E-state index in [4.69, 9.17) is 0 Å². The topological polar surface area (TPSA) is 70.2 Å². The zero-order valence-electron chi connectivity index (χ0n) is 14.2. The first kappa shape index (κ1) is 19.2. The maximum atomic E-state index is 13.3. The molecule has 2 amide bonds. The molecule has 144 valence electrons. The van der Waals surface area contributed by atoms with Crippen molar-refractivity contribution in [1.82, 2.24) is 5.32 Å². The van der Waals surface area contributed by atoms with E-state index in [1.165, 1.54) is 23.5 Å². The number of hydrogen-bond donors (Lipinski definition) is 3. The molecule has 1 aliphatic rings. The van der Waals surface area contributed by atoms with E-state index in [0.717, 1.165) is 23.8 Å². The highest BCUT2D eigenvalue weighted by Crippen LogP contribution is 2.37. The van der Waals surface area contributed by atoms with Gasteiger partial charge in [-0.15, -0.1) is 11.3 Å². The molecular formula is C18H18F3N3O2S. The van der Waals surface area contributed by atoms with Crippen molar-refractivity contribution in [3.63, 3.8) is 0 Å². The molecule has 2 aromatic rings. The SMILES string of the molecule is O=C(CNc1ccc(NC(=O)C2CC2)cc1C(F)(F)F)NCc1cccs1. The Balaban J connectivity index is 1.62. The van der Waals surface area contributed by atoms with Crippen LogP contribution in [-0.4, -0.2) is 18.4 Å². The zero-order chi connectivity index (χ0) is 19.4. The minimum atomic E-state index is -4.61. The molecule has 1 saturated carbocycles. The van der Waals surface area contributed by atoms with Crippen molar-refractivity contribution in [2.45, 2.75) is 25.6 Å². The van der Waals surface area contributed by atoms with Crippen molar-refractivity contribution in [3.8, 4) is 0 Å². The third-order valence-electron chi connectivity index (χ3n) is 4.02. The quantitative estimate of drug-likeness (QED) is 0.665. The summed E-state index contributed by atoms with van der Waals surface area (Å²) < 4.78 is 40.0. The molecule has 27 heavy (non-hydrogen) atoms. The highest BCUT2D eigenvalue weighted by molar-refractivity contribution is 7.09. The van der Waals surface area contributed by atoms with Crippen LogP contribution >= 0.6 is 11.3 Å². The minimum absolute atomic E-state index is 0.0897. The fraction of sp³-hybridized carbons (Fsp3) is 0.333. The lowest BCUT2D eigenvalue weighted by Gasteiger charge is -2.16. The predicted octanol–water partition coefficient (Wildman–Crippen LogP) is 3.84. The number of carbonyl (C=O) groups excluding carboxylic acids is 2. The average molecular weight is 397 g/mol. The van der Waals surface area contributed by atoms with Crippen molar-refractivity contribution in [3.05, 3.63) is 46.2 Å². The van der Waals surface area contributed by atoms with Gasteiger partial charge >= 0.3 is 6.18 Å². The number of amides is 2. The summed E-state index contributed by atoms with van der Waals surface area (Å²) >= 11 is 1.48. The zero-order valence-corrected chi connectivity index (χ0v) is 15.0. The summed E-state index contributed by atoms with van der Waals surface area (Å²) in [6, 6.07) is 7.20. The Kier molecular flexibility index (Phi) is 5.69. The van der Waals surface area contributed by atoms with Gasteiger partial charge in [0.15, 0.2) is 0 Å². The normalized spacial score (nSPS) is 13.9. The summed E-state index contributed by atoms with van der Waals surface area (Å²) in [6.45, 7) is 0.0404. The van der Waals surface area contributed by atoms with Crippen LogP contribution in [0.5, 0.6) is 0 Å². The first-order chi connectivity index (χ1) is 12.8. The summed E-state index contributed by atoms with van der Waals surface area (Å²) in [6.07, 6.45) is -3.09. The van der Waals surface area contributed by atoms with Gasteiger partial charge in [-0.1, -0.05) is 6.07 Å². The van der Waals surface area contributed by atoms with E-state index >= 15 is 0 Å². The molecular weight excluding hydrogens is 379 g/mol. The Morgan fingerprint density at radius 3 is 2.59 bits per heavy atom. The number of benzene rings is 1. The number of anilines is 2. The van der Waals surface area contributed by atoms with Gasteiger partial charge in [-0.25, -0.2) is 0 Å². The molecule has 9 heteroatoms. The van der Waals surface area contributed by atoms with E-state index in [9.17, 15) is 22.8 Å². The number of alkyl halides is 3. The van der Waals surface area contributed by atoms with Crippen molar-refractivity contribution in [2.24, 2.45) is 5.92 Å². The summed E-state index contributed by atoms with van der Waals surface area (Å²) in [5.41, 5.74) is -1.05. The molecule has 3 N–H and O–H groups in total. The molecule has 1 aliphatic carbocycles.